The molecule has 0 spiro atoms. The van der Waals surface area contributed by atoms with Crippen molar-refractivity contribution in [1.82, 2.24) is 10.2 Å². The topological polar surface area (TPSA) is 15.3 Å². The van der Waals surface area contributed by atoms with Gasteiger partial charge in [0.1, 0.15) is 0 Å². The molecule has 98 valence electrons. The van der Waals surface area contributed by atoms with E-state index in [1.54, 1.807) is 0 Å². The molecule has 1 aliphatic rings. The van der Waals surface area contributed by atoms with Crippen LogP contribution in [0.15, 0.2) is 0 Å². The lowest BCUT2D eigenvalue weighted by atomic mass is 9.80. The first-order valence-electron chi connectivity index (χ1n) is 7.11. The van der Waals surface area contributed by atoms with Crippen molar-refractivity contribution in [2.75, 3.05) is 20.1 Å². The Bertz CT molecular complexity index is 244. The fourth-order valence-corrected chi connectivity index (χ4v) is 3.48. The van der Waals surface area contributed by atoms with Crippen LogP contribution in [0.25, 0.3) is 0 Å². The summed E-state index contributed by atoms with van der Waals surface area (Å²) in [6, 6.07) is 0.520. The fourth-order valence-electron chi connectivity index (χ4n) is 3.48. The molecule has 1 saturated heterocycles. The average Bonchev–Trinajstić information content (AvgIpc) is 2.89. The summed E-state index contributed by atoms with van der Waals surface area (Å²) in [6.45, 7) is 7.16. The van der Waals surface area contributed by atoms with Crippen molar-refractivity contribution in [2.24, 2.45) is 0 Å². The Labute approximate surface area is 107 Å². The zero-order chi connectivity index (χ0) is 12.7. The molecule has 0 saturated carbocycles. The molecule has 0 radical (unpaired) electrons. The second kappa shape index (κ2) is 7.03. The Kier molecular flexibility index (Phi) is 6.02. The summed E-state index contributed by atoms with van der Waals surface area (Å²) in [6.07, 6.45) is 12.5. The van der Waals surface area contributed by atoms with Crippen molar-refractivity contribution in [2.45, 2.75) is 64.0 Å². The van der Waals surface area contributed by atoms with Gasteiger partial charge in [-0.3, -0.25) is 4.90 Å². The highest BCUT2D eigenvalue weighted by atomic mass is 15.2. The molecule has 1 atom stereocenters. The fraction of sp³-hybridized carbons (Fsp3) is 0.867. The van der Waals surface area contributed by atoms with Crippen LogP contribution in [-0.2, 0) is 0 Å². The zero-order valence-corrected chi connectivity index (χ0v) is 11.8. The van der Waals surface area contributed by atoms with Gasteiger partial charge in [-0.15, -0.1) is 12.3 Å². The molecule has 1 N–H and O–H groups in total. The van der Waals surface area contributed by atoms with Crippen molar-refractivity contribution in [1.29, 1.82) is 0 Å². The van der Waals surface area contributed by atoms with Gasteiger partial charge in [-0.05, 0) is 52.2 Å². The van der Waals surface area contributed by atoms with Gasteiger partial charge in [-0.2, -0.15) is 0 Å². The molecular formula is C15H28N2. The van der Waals surface area contributed by atoms with Crippen molar-refractivity contribution in [3.05, 3.63) is 0 Å². The van der Waals surface area contributed by atoms with Crippen LogP contribution in [-0.4, -0.2) is 36.6 Å². The summed E-state index contributed by atoms with van der Waals surface area (Å²) in [5, 5.41) is 3.52. The minimum absolute atomic E-state index is 0.308. The van der Waals surface area contributed by atoms with E-state index in [1.807, 2.05) is 0 Å². The van der Waals surface area contributed by atoms with E-state index in [0.29, 0.717) is 11.6 Å². The molecule has 17 heavy (non-hydrogen) atoms. The summed E-state index contributed by atoms with van der Waals surface area (Å²) in [4.78, 5) is 2.70. The molecule has 1 rings (SSSR count). The maximum Gasteiger partial charge on any atom is 0.0357 e. The number of rotatable bonds is 7. The molecule has 1 fully saturated rings. The first-order chi connectivity index (χ1) is 8.25. The van der Waals surface area contributed by atoms with Crippen molar-refractivity contribution in [3.8, 4) is 12.3 Å². The predicted molar refractivity (Wildman–Crippen MR) is 75.0 cm³/mol. The van der Waals surface area contributed by atoms with Crippen LogP contribution in [0.2, 0.25) is 0 Å². The number of hydrogen-bond donors (Lipinski definition) is 1. The third-order valence-electron chi connectivity index (χ3n) is 4.53. The molecule has 2 heteroatoms. The highest BCUT2D eigenvalue weighted by Crippen LogP contribution is 2.33. The summed E-state index contributed by atoms with van der Waals surface area (Å²) in [7, 11) is 2.08. The van der Waals surface area contributed by atoms with Crippen molar-refractivity contribution < 1.29 is 0 Å². The molecule has 0 aromatic rings. The van der Waals surface area contributed by atoms with Gasteiger partial charge in [-0.25, -0.2) is 0 Å². The minimum atomic E-state index is 0.308. The normalized spacial score (nSPS) is 19.2. The molecule has 1 unspecified atom stereocenters. The molecule has 0 amide bonds. The average molecular weight is 236 g/mol. The summed E-state index contributed by atoms with van der Waals surface area (Å²) in [5.74, 6) is 2.78. The number of terminal acetylenes is 1. The molecule has 0 aromatic heterocycles. The maximum atomic E-state index is 5.42. The number of hydrogen-bond acceptors (Lipinski definition) is 2. The summed E-state index contributed by atoms with van der Waals surface area (Å²) >= 11 is 0. The standard InChI is InChI=1S/C15H28N2/c1-5-8-11-14(16-4)15(6-2,7-3)17-12-9-10-13-17/h1,14,16H,6-13H2,2-4H3. The van der Waals surface area contributed by atoms with Gasteiger partial charge < -0.3 is 5.32 Å². The van der Waals surface area contributed by atoms with E-state index in [9.17, 15) is 0 Å². The molecular weight excluding hydrogens is 208 g/mol. The molecule has 0 bridgehead atoms. The monoisotopic (exact) mass is 236 g/mol. The first-order valence-corrected chi connectivity index (χ1v) is 7.11. The maximum absolute atomic E-state index is 5.42. The van der Waals surface area contributed by atoms with Gasteiger partial charge in [-0.1, -0.05) is 13.8 Å². The minimum Gasteiger partial charge on any atom is -0.315 e. The van der Waals surface area contributed by atoms with Crippen LogP contribution >= 0.6 is 0 Å². The van der Waals surface area contributed by atoms with Crippen LogP contribution in [0.4, 0.5) is 0 Å². The Morgan fingerprint density at radius 3 is 2.29 bits per heavy atom. The lowest BCUT2D eigenvalue weighted by Crippen LogP contribution is -2.59. The number of likely N-dealkylation sites (tertiary alicyclic amines) is 1. The summed E-state index contributed by atoms with van der Waals surface area (Å²) in [5.41, 5.74) is 0.308. The van der Waals surface area contributed by atoms with E-state index in [-0.39, 0.29) is 0 Å². The lowest BCUT2D eigenvalue weighted by molar-refractivity contribution is 0.0622. The van der Waals surface area contributed by atoms with Gasteiger partial charge in [0, 0.05) is 18.0 Å². The van der Waals surface area contributed by atoms with Gasteiger partial charge in [0.05, 0.1) is 0 Å². The molecule has 0 aromatic carbocycles. The molecule has 2 nitrogen and oxygen atoms in total. The van der Waals surface area contributed by atoms with Crippen molar-refractivity contribution >= 4 is 0 Å². The van der Waals surface area contributed by atoms with Crippen LogP contribution in [0.1, 0.15) is 52.4 Å². The summed E-state index contributed by atoms with van der Waals surface area (Å²) < 4.78 is 0. The van der Waals surface area contributed by atoms with E-state index in [4.69, 9.17) is 6.42 Å². The zero-order valence-electron chi connectivity index (χ0n) is 11.8. The lowest BCUT2D eigenvalue weighted by Gasteiger charge is -2.47. The second-order valence-corrected chi connectivity index (χ2v) is 5.09. The number of nitrogens with zero attached hydrogens (tertiary/aromatic N) is 1. The quantitative estimate of drug-likeness (QED) is 0.684. The molecule has 1 heterocycles. The third-order valence-corrected chi connectivity index (χ3v) is 4.53. The number of nitrogens with one attached hydrogen (secondary N) is 1. The Balaban J connectivity index is 2.82. The van der Waals surface area contributed by atoms with Crippen LogP contribution < -0.4 is 5.32 Å². The van der Waals surface area contributed by atoms with Gasteiger partial charge in [0.15, 0.2) is 0 Å². The Hall–Kier alpha value is -0.520. The van der Waals surface area contributed by atoms with E-state index in [0.717, 1.165) is 12.8 Å². The largest absolute Gasteiger partial charge is 0.315 e. The second-order valence-electron chi connectivity index (χ2n) is 5.09. The van der Waals surface area contributed by atoms with E-state index in [2.05, 4.69) is 37.0 Å². The highest BCUT2D eigenvalue weighted by Gasteiger charge is 2.40. The molecule has 0 aliphatic carbocycles. The van der Waals surface area contributed by atoms with E-state index < -0.39 is 0 Å². The van der Waals surface area contributed by atoms with Crippen LogP contribution in [0.5, 0.6) is 0 Å². The third kappa shape index (κ3) is 3.03. The highest BCUT2D eigenvalue weighted by molar-refractivity contribution is 5.01. The van der Waals surface area contributed by atoms with Gasteiger partial charge >= 0.3 is 0 Å². The van der Waals surface area contributed by atoms with Crippen LogP contribution in [0, 0.1) is 12.3 Å². The predicted octanol–water partition coefficient (Wildman–Crippen LogP) is 2.64. The van der Waals surface area contributed by atoms with Gasteiger partial charge in [0.25, 0.3) is 0 Å². The van der Waals surface area contributed by atoms with Crippen LogP contribution in [0.3, 0.4) is 0 Å². The Morgan fingerprint density at radius 1 is 1.29 bits per heavy atom. The van der Waals surface area contributed by atoms with Gasteiger partial charge in [0.2, 0.25) is 0 Å². The van der Waals surface area contributed by atoms with E-state index in [1.165, 1.54) is 38.8 Å². The SMILES string of the molecule is C#CCCC(NC)C(CC)(CC)N1CCCC1. The smallest absolute Gasteiger partial charge is 0.0357 e. The Morgan fingerprint density at radius 2 is 1.88 bits per heavy atom. The first kappa shape index (κ1) is 14.5. The molecule has 1 aliphatic heterocycles. The number of likely N-dealkylation sites (N-methyl/N-ethyl adjacent to an activating group) is 1. The van der Waals surface area contributed by atoms with E-state index >= 15 is 0 Å². The van der Waals surface area contributed by atoms with Crippen molar-refractivity contribution in [3.63, 3.8) is 0 Å².